The molecule has 1 aliphatic rings. The third-order valence-corrected chi connectivity index (χ3v) is 6.84. The van der Waals surface area contributed by atoms with Crippen molar-refractivity contribution in [1.82, 2.24) is 10.3 Å². The maximum Gasteiger partial charge on any atom is 0.171 e. The highest BCUT2D eigenvalue weighted by molar-refractivity contribution is 9.10. The smallest absolute Gasteiger partial charge is 0.171 e. The highest BCUT2D eigenvalue weighted by Crippen LogP contribution is 2.29. The summed E-state index contributed by atoms with van der Waals surface area (Å²) in [4.78, 5) is 7.00. The molecule has 2 aromatic carbocycles. The van der Waals surface area contributed by atoms with Crippen molar-refractivity contribution in [3.8, 4) is 0 Å². The molecule has 3 N–H and O–H groups in total. The summed E-state index contributed by atoms with van der Waals surface area (Å²) in [5.74, 6) is 0.949. The van der Waals surface area contributed by atoms with Gasteiger partial charge in [0.25, 0.3) is 0 Å². The van der Waals surface area contributed by atoms with Gasteiger partial charge < -0.3 is 20.9 Å². The number of hydrogen-bond donors (Lipinski definition) is 3. The third-order valence-electron chi connectivity index (χ3n) is 5.96. The number of anilines is 3. The van der Waals surface area contributed by atoms with E-state index in [1.165, 1.54) is 16.6 Å². The predicted octanol–water partition coefficient (Wildman–Crippen LogP) is 6.08. The van der Waals surface area contributed by atoms with Crippen LogP contribution in [0.3, 0.4) is 0 Å². The molecule has 1 fully saturated rings. The van der Waals surface area contributed by atoms with Crippen LogP contribution >= 0.6 is 28.1 Å². The number of aryl methyl sites for hydroxylation is 1. The number of aromatic nitrogens is 1. The Labute approximate surface area is 204 Å². The number of benzene rings is 2. The van der Waals surface area contributed by atoms with Crippen LogP contribution in [0.1, 0.15) is 31.2 Å². The lowest BCUT2D eigenvalue weighted by molar-refractivity contribution is 0.388. The maximum atomic E-state index is 5.55. The van der Waals surface area contributed by atoms with Crippen molar-refractivity contribution < 1.29 is 0 Å². The molecule has 5 nitrogen and oxygen atoms in total. The second-order valence-electron chi connectivity index (χ2n) is 8.71. The van der Waals surface area contributed by atoms with Crippen LogP contribution in [0.25, 0.3) is 10.9 Å². The Balaban J connectivity index is 1.32. The van der Waals surface area contributed by atoms with Crippen molar-refractivity contribution in [1.29, 1.82) is 0 Å². The van der Waals surface area contributed by atoms with Gasteiger partial charge in [-0.25, -0.2) is 4.98 Å². The molecule has 0 aliphatic heterocycles. The summed E-state index contributed by atoms with van der Waals surface area (Å²) < 4.78 is 1.02. The summed E-state index contributed by atoms with van der Waals surface area (Å²) in [5, 5.41) is 12.3. The second kappa shape index (κ2) is 10.0. The molecule has 0 unspecified atom stereocenters. The van der Waals surface area contributed by atoms with E-state index in [0.29, 0.717) is 17.2 Å². The summed E-state index contributed by atoms with van der Waals surface area (Å²) in [6.45, 7) is 2.08. The molecule has 1 heterocycles. The van der Waals surface area contributed by atoms with Crippen LogP contribution in [0.15, 0.2) is 53.0 Å². The Hall–Kier alpha value is -2.38. The number of fused-ring (bicyclic) bond motifs is 1. The molecule has 3 aromatic rings. The van der Waals surface area contributed by atoms with Crippen LogP contribution in [0.2, 0.25) is 0 Å². The third kappa shape index (κ3) is 5.51. The first kappa shape index (κ1) is 22.8. The van der Waals surface area contributed by atoms with Gasteiger partial charge in [-0.2, -0.15) is 0 Å². The van der Waals surface area contributed by atoms with E-state index in [-0.39, 0.29) is 0 Å². The van der Waals surface area contributed by atoms with E-state index in [2.05, 4.69) is 94.2 Å². The number of hydrogen-bond acceptors (Lipinski definition) is 4. The van der Waals surface area contributed by atoms with E-state index in [4.69, 9.17) is 17.2 Å². The Morgan fingerprint density at radius 3 is 2.47 bits per heavy atom. The molecule has 0 atom stereocenters. The number of rotatable bonds is 5. The molecule has 0 saturated heterocycles. The number of halogens is 1. The van der Waals surface area contributed by atoms with Crippen LogP contribution in [0, 0.1) is 6.92 Å². The zero-order valence-electron chi connectivity index (χ0n) is 18.8. The lowest BCUT2D eigenvalue weighted by atomic mass is 9.91. The lowest BCUT2D eigenvalue weighted by Crippen LogP contribution is -2.42. The van der Waals surface area contributed by atoms with Gasteiger partial charge >= 0.3 is 0 Å². The number of pyridine rings is 1. The Kier molecular flexibility index (Phi) is 7.16. The van der Waals surface area contributed by atoms with Gasteiger partial charge in [0.2, 0.25) is 0 Å². The number of para-hydroxylation sites is 1. The first-order valence-corrected chi connectivity index (χ1v) is 12.3. The van der Waals surface area contributed by atoms with Gasteiger partial charge in [-0.3, -0.25) is 0 Å². The van der Waals surface area contributed by atoms with Gasteiger partial charge in [-0.15, -0.1) is 0 Å². The average molecular weight is 513 g/mol. The summed E-state index contributed by atoms with van der Waals surface area (Å²) in [6.07, 6.45) is 4.31. The maximum absolute atomic E-state index is 5.55. The minimum atomic E-state index is 0.388. The van der Waals surface area contributed by atoms with Crippen LogP contribution in [-0.2, 0) is 0 Å². The molecule has 1 saturated carbocycles. The first-order valence-electron chi connectivity index (χ1n) is 11.1. The van der Waals surface area contributed by atoms with Crippen molar-refractivity contribution in [2.75, 3.05) is 29.6 Å². The first-order chi connectivity index (χ1) is 15.4. The summed E-state index contributed by atoms with van der Waals surface area (Å²) in [6, 6.07) is 17.5. The van der Waals surface area contributed by atoms with Crippen LogP contribution in [0.5, 0.6) is 0 Å². The molecular weight excluding hydrogens is 482 g/mol. The average Bonchev–Trinajstić information content (AvgIpc) is 2.76. The van der Waals surface area contributed by atoms with Crippen molar-refractivity contribution >= 4 is 61.4 Å². The fourth-order valence-corrected chi connectivity index (χ4v) is 5.13. The van der Waals surface area contributed by atoms with Crippen LogP contribution < -0.4 is 20.9 Å². The second-order valence-corrected chi connectivity index (χ2v) is 9.98. The topological polar surface area (TPSA) is 52.2 Å². The predicted molar refractivity (Wildman–Crippen MR) is 144 cm³/mol. The molecule has 1 aromatic heterocycles. The van der Waals surface area contributed by atoms with E-state index >= 15 is 0 Å². The summed E-state index contributed by atoms with van der Waals surface area (Å²) in [7, 11) is 4.16. The molecule has 0 radical (unpaired) electrons. The van der Waals surface area contributed by atoms with Crippen molar-refractivity contribution in [2.45, 2.75) is 44.7 Å². The normalized spacial score (nSPS) is 18.2. The van der Waals surface area contributed by atoms with Crippen molar-refractivity contribution in [3.63, 3.8) is 0 Å². The summed E-state index contributed by atoms with van der Waals surface area (Å²) >= 11 is 9.16. The van der Waals surface area contributed by atoms with Crippen molar-refractivity contribution in [2.24, 2.45) is 0 Å². The number of nitrogens with one attached hydrogen (secondary N) is 3. The van der Waals surface area contributed by atoms with Gasteiger partial charge in [-0.05, 0) is 84.5 Å². The Morgan fingerprint density at radius 2 is 1.75 bits per heavy atom. The quantitative estimate of drug-likeness (QED) is 0.360. The van der Waals surface area contributed by atoms with Gasteiger partial charge in [0.1, 0.15) is 5.82 Å². The van der Waals surface area contributed by atoms with E-state index in [1.54, 1.807) is 0 Å². The lowest BCUT2D eigenvalue weighted by Gasteiger charge is -2.31. The standard InChI is InChI=1S/C25H30BrN5S/c1-16-8-13-22(20(26)14-16)30-25(32)28-18-11-9-17(10-12-18)27-24-15-23(31(2)3)19-6-4-5-7-21(19)29-24/h4-8,13-15,17-18H,9-12H2,1-3H3,(H,27,29)(H2,28,30,32). The molecule has 7 heteroatoms. The van der Waals surface area contributed by atoms with E-state index in [9.17, 15) is 0 Å². The summed E-state index contributed by atoms with van der Waals surface area (Å²) in [5.41, 5.74) is 4.41. The highest BCUT2D eigenvalue weighted by Gasteiger charge is 2.22. The fraction of sp³-hybridized carbons (Fsp3) is 0.360. The molecule has 168 valence electrons. The molecule has 0 bridgehead atoms. The van der Waals surface area contributed by atoms with Crippen LogP contribution in [-0.4, -0.2) is 36.3 Å². The van der Waals surface area contributed by atoms with Gasteiger partial charge in [-0.1, -0.05) is 24.3 Å². The minimum Gasteiger partial charge on any atom is -0.377 e. The highest BCUT2D eigenvalue weighted by atomic mass is 79.9. The van der Waals surface area contributed by atoms with E-state index in [1.807, 2.05) is 12.1 Å². The zero-order chi connectivity index (χ0) is 22.7. The Morgan fingerprint density at radius 1 is 1.03 bits per heavy atom. The fourth-order valence-electron chi connectivity index (χ4n) is 4.26. The van der Waals surface area contributed by atoms with Crippen molar-refractivity contribution in [3.05, 3.63) is 58.6 Å². The molecule has 1 aliphatic carbocycles. The largest absolute Gasteiger partial charge is 0.377 e. The van der Waals surface area contributed by atoms with Gasteiger partial charge in [0.15, 0.2) is 5.11 Å². The molecule has 32 heavy (non-hydrogen) atoms. The molecule has 4 rings (SSSR count). The van der Waals surface area contributed by atoms with Gasteiger partial charge in [0.05, 0.1) is 11.2 Å². The number of thiocarbonyl (C=S) groups is 1. The van der Waals surface area contributed by atoms with Crippen LogP contribution in [0.4, 0.5) is 17.2 Å². The SMILES string of the molecule is Cc1ccc(NC(=S)NC2CCC(Nc3cc(N(C)C)c4ccccc4n3)CC2)c(Br)c1. The van der Waals surface area contributed by atoms with E-state index < -0.39 is 0 Å². The minimum absolute atomic E-state index is 0.388. The molecule has 0 spiro atoms. The van der Waals surface area contributed by atoms with E-state index in [0.717, 1.165) is 47.2 Å². The van der Waals surface area contributed by atoms with Gasteiger partial charge in [0, 0.05) is 47.8 Å². The monoisotopic (exact) mass is 511 g/mol. The number of nitrogens with zero attached hydrogens (tertiary/aromatic N) is 2. The zero-order valence-corrected chi connectivity index (χ0v) is 21.2. The molecular formula is C25H30BrN5S. The molecule has 0 amide bonds. The Bertz CT molecular complexity index is 1110.